The van der Waals surface area contributed by atoms with Crippen LogP contribution in [0.5, 0.6) is 0 Å². The molecule has 32 heavy (non-hydrogen) atoms. The molecule has 0 radical (unpaired) electrons. The van der Waals surface area contributed by atoms with E-state index in [4.69, 9.17) is 0 Å². The first-order valence-corrected chi connectivity index (χ1v) is 9.32. The van der Waals surface area contributed by atoms with Crippen molar-refractivity contribution in [2.45, 2.75) is 26.1 Å². The van der Waals surface area contributed by atoms with Crippen molar-refractivity contribution in [3.05, 3.63) is 65.4 Å². The molecule has 1 aliphatic heterocycles. The quantitative estimate of drug-likeness (QED) is 0.640. The van der Waals surface area contributed by atoms with E-state index in [-0.39, 0.29) is 43.2 Å². The molecule has 8 nitrogen and oxygen atoms in total. The Kier molecular flexibility index (Phi) is 6.26. The number of nitrogens with zero attached hydrogens (tertiary/aromatic N) is 5. The molecule has 1 atom stereocenters. The SMILES string of the molecule is Cc1cncc(NC(=O)c2cnn3c2C(=O)N(c2ccc(C(F)(F)F)cc2)C[C@@H]3C)n1.S. The number of nitrogens with one attached hydrogen (secondary N) is 1. The van der Waals surface area contributed by atoms with Crippen molar-refractivity contribution in [2.75, 3.05) is 16.8 Å². The maximum Gasteiger partial charge on any atom is 0.416 e. The molecular weight excluding hydrogens is 445 g/mol. The van der Waals surface area contributed by atoms with Crippen molar-refractivity contribution in [3.8, 4) is 0 Å². The fraction of sp³-hybridized carbons (Fsp3) is 0.250. The average molecular weight is 464 g/mol. The van der Waals surface area contributed by atoms with Gasteiger partial charge in [0.15, 0.2) is 5.82 Å². The standard InChI is InChI=1S/C20H17F3N6O2.H2S/c1-11-7-24-9-16(26-11)27-18(30)15-8-25-29-12(2)10-28(19(31)17(15)29)14-5-3-13(4-6-14)20(21,22)23;/h3-9,12H,10H2,1-2H3,(H,26,27,30);1H2/t12-;/m0./s1. The molecule has 168 valence electrons. The van der Waals surface area contributed by atoms with Gasteiger partial charge in [0.05, 0.1) is 35.3 Å². The van der Waals surface area contributed by atoms with Crippen molar-refractivity contribution >= 4 is 36.8 Å². The largest absolute Gasteiger partial charge is 0.416 e. The normalized spacial score (nSPS) is 15.7. The minimum atomic E-state index is -4.47. The van der Waals surface area contributed by atoms with E-state index in [0.29, 0.717) is 11.4 Å². The van der Waals surface area contributed by atoms with Crippen LogP contribution >= 0.6 is 13.5 Å². The van der Waals surface area contributed by atoms with Crippen molar-refractivity contribution in [2.24, 2.45) is 0 Å². The third kappa shape index (κ3) is 4.31. The molecule has 3 aromatic rings. The van der Waals surface area contributed by atoms with Gasteiger partial charge < -0.3 is 10.2 Å². The van der Waals surface area contributed by atoms with Gasteiger partial charge in [-0.15, -0.1) is 0 Å². The van der Waals surface area contributed by atoms with Gasteiger partial charge in [-0.3, -0.25) is 19.3 Å². The van der Waals surface area contributed by atoms with E-state index >= 15 is 0 Å². The Morgan fingerprint density at radius 2 is 1.84 bits per heavy atom. The number of aryl methyl sites for hydroxylation is 1. The van der Waals surface area contributed by atoms with Crippen LogP contribution in [-0.2, 0) is 6.18 Å². The highest BCUT2D eigenvalue weighted by Gasteiger charge is 2.36. The molecule has 1 N–H and O–H groups in total. The maximum atomic E-state index is 13.2. The number of carbonyl (C=O) groups is 2. The third-order valence-electron chi connectivity index (χ3n) is 4.86. The van der Waals surface area contributed by atoms with Gasteiger partial charge >= 0.3 is 6.18 Å². The summed E-state index contributed by atoms with van der Waals surface area (Å²) in [5, 5.41) is 6.75. The molecule has 4 rings (SSSR count). The average Bonchev–Trinajstić information content (AvgIpc) is 3.16. The number of fused-ring (bicyclic) bond motifs is 1. The molecular formula is C20H19F3N6O2S. The summed E-state index contributed by atoms with van der Waals surface area (Å²) >= 11 is 0. The zero-order valence-corrected chi connectivity index (χ0v) is 18.0. The number of halogens is 3. The highest BCUT2D eigenvalue weighted by Crippen LogP contribution is 2.32. The summed E-state index contributed by atoms with van der Waals surface area (Å²) in [6, 6.07) is 4.02. The summed E-state index contributed by atoms with van der Waals surface area (Å²) in [4.78, 5) is 35.4. The zero-order valence-electron chi connectivity index (χ0n) is 17.0. The first-order valence-electron chi connectivity index (χ1n) is 9.32. The molecule has 2 aromatic heterocycles. The number of anilines is 2. The Balaban J connectivity index is 0.00000289. The summed E-state index contributed by atoms with van der Waals surface area (Å²) in [7, 11) is 0. The lowest BCUT2D eigenvalue weighted by atomic mass is 10.1. The number of aromatic nitrogens is 4. The highest BCUT2D eigenvalue weighted by atomic mass is 32.1. The van der Waals surface area contributed by atoms with Gasteiger partial charge in [-0.1, -0.05) is 0 Å². The molecule has 0 fully saturated rings. The highest BCUT2D eigenvalue weighted by molar-refractivity contribution is 7.59. The molecule has 0 saturated heterocycles. The number of hydrogen-bond donors (Lipinski definition) is 1. The second-order valence-corrected chi connectivity index (χ2v) is 7.16. The Labute approximate surface area is 187 Å². The van der Waals surface area contributed by atoms with Gasteiger partial charge in [0.25, 0.3) is 11.8 Å². The summed E-state index contributed by atoms with van der Waals surface area (Å²) in [6.45, 7) is 3.72. The second-order valence-electron chi connectivity index (χ2n) is 7.16. The first-order chi connectivity index (χ1) is 14.6. The molecule has 0 aliphatic carbocycles. The van der Waals surface area contributed by atoms with E-state index in [1.54, 1.807) is 13.8 Å². The number of carbonyl (C=O) groups excluding carboxylic acids is 2. The molecule has 0 bridgehead atoms. The number of benzene rings is 1. The monoisotopic (exact) mass is 464 g/mol. The van der Waals surface area contributed by atoms with E-state index in [0.717, 1.165) is 12.1 Å². The van der Waals surface area contributed by atoms with Gasteiger partial charge in [0, 0.05) is 18.4 Å². The summed E-state index contributed by atoms with van der Waals surface area (Å²) in [5.74, 6) is -0.896. The van der Waals surface area contributed by atoms with Crippen LogP contribution in [0.15, 0.2) is 42.9 Å². The van der Waals surface area contributed by atoms with Crippen LogP contribution in [0.3, 0.4) is 0 Å². The molecule has 3 heterocycles. The smallest absolute Gasteiger partial charge is 0.305 e. The number of alkyl halides is 3. The predicted octanol–water partition coefficient (Wildman–Crippen LogP) is 3.59. The van der Waals surface area contributed by atoms with Gasteiger partial charge in [-0.2, -0.15) is 31.8 Å². The lowest BCUT2D eigenvalue weighted by molar-refractivity contribution is -0.137. The predicted molar refractivity (Wildman–Crippen MR) is 115 cm³/mol. The van der Waals surface area contributed by atoms with E-state index in [9.17, 15) is 22.8 Å². The van der Waals surface area contributed by atoms with Crippen LogP contribution in [0, 0.1) is 6.92 Å². The van der Waals surface area contributed by atoms with E-state index < -0.39 is 23.6 Å². The van der Waals surface area contributed by atoms with Crippen LogP contribution in [0.4, 0.5) is 24.7 Å². The fourth-order valence-corrected chi connectivity index (χ4v) is 3.39. The summed E-state index contributed by atoms with van der Waals surface area (Å²) in [5.41, 5.74) is 0.188. The number of amides is 2. The minimum absolute atomic E-state index is 0. The van der Waals surface area contributed by atoms with Crippen LogP contribution < -0.4 is 10.2 Å². The van der Waals surface area contributed by atoms with Crippen LogP contribution in [0.25, 0.3) is 0 Å². The van der Waals surface area contributed by atoms with E-state index in [2.05, 4.69) is 20.4 Å². The third-order valence-corrected chi connectivity index (χ3v) is 4.86. The lowest BCUT2D eigenvalue weighted by Gasteiger charge is -2.32. The van der Waals surface area contributed by atoms with Gasteiger partial charge in [0.2, 0.25) is 0 Å². The van der Waals surface area contributed by atoms with Crippen LogP contribution in [0.2, 0.25) is 0 Å². The Bertz CT molecular complexity index is 1160. The van der Waals surface area contributed by atoms with Gasteiger partial charge in [-0.25, -0.2) is 4.98 Å². The first kappa shape index (κ1) is 23.3. The number of rotatable bonds is 3. The van der Waals surface area contributed by atoms with Crippen LogP contribution in [-0.4, -0.2) is 38.1 Å². The molecule has 0 unspecified atom stereocenters. The van der Waals surface area contributed by atoms with E-state index in [1.807, 2.05) is 0 Å². The Morgan fingerprint density at radius 1 is 1.16 bits per heavy atom. The summed E-state index contributed by atoms with van der Waals surface area (Å²) < 4.78 is 40.0. The topological polar surface area (TPSA) is 93.0 Å². The zero-order chi connectivity index (χ0) is 22.3. The molecule has 2 amide bonds. The number of hydrogen-bond acceptors (Lipinski definition) is 5. The maximum absolute atomic E-state index is 13.2. The van der Waals surface area contributed by atoms with Crippen molar-refractivity contribution in [3.63, 3.8) is 0 Å². The Morgan fingerprint density at radius 3 is 2.47 bits per heavy atom. The molecule has 12 heteroatoms. The van der Waals surface area contributed by atoms with Crippen molar-refractivity contribution < 1.29 is 22.8 Å². The van der Waals surface area contributed by atoms with Gasteiger partial charge in [-0.05, 0) is 38.1 Å². The second kappa shape index (κ2) is 8.61. The van der Waals surface area contributed by atoms with Crippen molar-refractivity contribution in [1.29, 1.82) is 0 Å². The van der Waals surface area contributed by atoms with Gasteiger partial charge in [0.1, 0.15) is 5.69 Å². The molecule has 1 aromatic carbocycles. The minimum Gasteiger partial charge on any atom is -0.305 e. The summed E-state index contributed by atoms with van der Waals surface area (Å²) in [6.07, 6.45) is -0.275. The van der Waals surface area contributed by atoms with Crippen molar-refractivity contribution in [1.82, 2.24) is 19.7 Å². The Hall–Kier alpha value is -3.41. The lowest BCUT2D eigenvalue weighted by Crippen LogP contribution is -2.43. The van der Waals surface area contributed by atoms with E-state index in [1.165, 1.54) is 40.3 Å². The fourth-order valence-electron chi connectivity index (χ4n) is 3.39. The molecule has 0 spiro atoms. The molecule has 1 aliphatic rings. The molecule has 0 saturated carbocycles. The van der Waals surface area contributed by atoms with Crippen LogP contribution in [0.1, 0.15) is 45.1 Å².